The minimum Gasteiger partial charge on any atom is -0.355 e. The minimum atomic E-state index is -0.0942. The average Bonchev–Trinajstić information content (AvgIpc) is 2.85. The Morgan fingerprint density at radius 1 is 0.730 bits per heavy atom. The van der Waals surface area contributed by atoms with Gasteiger partial charge in [0.15, 0.2) is 0 Å². The molecule has 7 nitrogen and oxygen atoms in total. The number of nitrogens with zero attached hydrogens (tertiary/aromatic N) is 2. The van der Waals surface area contributed by atoms with Gasteiger partial charge in [-0.25, -0.2) is 0 Å². The predicted octanol–water partition coefficient (Wildman–Crippen LogP) is 5.00. The number of unbranched alkanes of at least 4 members (excludes halogenated alkanes) is 1. The van der Waals surface area contributed by atoms with Gasteiger partial charge in [-0.05, 0) is 58.9 Å². The fourth-order valence-corrected chi connectivity index (χ4v) is 3.11. The van der Waals surface area contributed by atoms with Gasteiger partial charge in [-0.15, -0.1) is 0 Å². The molecule has 0 unspecified atom stereocenters. The van der Waals surface area contributed by atoms with E-state index in [9.17, 15) is 9.59 Å². The maximum absolute atomic E-state index is 12.0. The van der Waals surface area contributed by atoms with Gasteiger partial charge in [0.1, 0.15) is 0 Å². The monoisotopic (exact) mass is 513 g/mol. The lowest BCUT2D eigenvalue weighted by molar-refractivity contribution is -0.121. The van der Waals surface area contributed by atoms with Crippen LogP contribution in [0.4, 0.5) is 0 Å². The summed E-state index contributed by atoms with van der Waals surface area (Å²) in [6, 6.07) is 0. The van der Waals surface area contributed by atoms with Gasteiger partial charge in [0.25, 0.3) is 0 Å². The SMILES string of the molecule is CC/C=C/C/C=C/C/C=C/C/C=C/C/C=C/CCCC(=O)NCCN(C)CCNC(=O)CN(C)C(C)=N. The lowest BCUT2D eigenvalue weighted by atomic mass is 10.2. The van der Waals surface area contributed by atoms with E-state index in [2.05, 4.69) is 83.2 Å². The van der Waals surface area contributed by atoms with Crippen molar-refractivity contribution in [3.05, 3.63) is 60.8 Å². The van der Waals surface area contributed by atoms with Crippen LogP contribution in [-0.4, -0.2) is 74.3 Å². The highest BCUT2D eigenvalue weighted by Crippen LogP contribution is 1.99. The normalized spacial score (nSPS) is 12.1. The van der Waals surface area contributed by atoms with Gasteiger partial charge < -0.3 is 20.4 Å². The molecule has 0 saturated carbocycles. The van der Waals surface area contributed by atoms with Crippen molar-refractivity contribution in [3.63, 3.8) is 0 Å². The van der Waals surface area contributed by atoms with E-state index in [4.69, 9.17) is 5.41 Å². The van der Waals surface area contributed by atoms with E-state index in [0.29, 0.717) is 31.9 Å². The molecular weight excluding hydrogens is 462 g/mol. The van der Waals surface area contributed by atoms with Gasteiger partial charge >= 0.3 is 0 Å². The van der Waals surface area contributed by atoms with Gasteiger partial charge in [0, 0.05) is 39.6 Å². The largest absolute Gasteiger partial charge is 0.355 e. The maximum Gasteiger partial charge on any atom is 0.239 e. The van der Waals surface area contributed by atoms with Crippen molar-refractivity contribution in [1.82, 2.24) is 20.4 Å². The molecule has 0 aromatic heterocycles. The van der Waals surface area contributed by atoms with E-state index < -0.39 is 0 Å². The fourth-order valence-electron chi connectivity index (χ4n) is 3.11. The van der Waals surface area contributed by atoms with Gasteiger partial charge in [-0.1, -0.05) is 67.7 Å². The summed E-state index contributed by atoms with van der Waals surface area (Å²) in [6.07, 6.45) is 29.2. The molecule has 37 heavy (non-hydrogen) atoms. The molecule has 208 valence electrons. The van der Waals surface area contributed by atoms with Gasteiger partial charge in [0.2, 0.25) is 11.8 Å². The Morgan fingerprint density at radius 2 is 1.19 bits per heavy atom. The maximum atomic E-state index is 12.0. The molecule has 0 aromatic carbocycles. The first-order valence-electron chi connectivity index (χ1n) is 13.6. The first-order valence-corrected chi connectivity index (χ1v) is 13.6. The summed E-state index contributed by atoms with van der Waals surface area (Å²) in [6.45, 7) is 6.57. The van der Waals surface area contributed by atoms with Crippen LogP contribution in [0.15, 0.2) is 60.8 Å². The van der Waals surface area contributed by atoms with Crippen molar-refractivity contribution in [1.29, 1.82) is 5.41 Å². The highest BCUT2D eigenvalue weighted by atomic mass is 16.2. The first-order chi connectivity index (χ1) is 17.9. The second kappa shape index (κ2) is 24.8. The number of likely N-dealkylation sites (N-methyl/N-ethyl adjacent to an activating group) is 2. The molecule has 0 heterocycles. The third kappa shape index (κ3) is 24.5. The number of allylic oxidation sites excluding steroid dienone is 10. The standard InChI is InChI=1S/C30H51N5O2/c1-5-6-7-8-9-10-11-12-13-14-15-16-17-18-19-20-21-22-29(36)32-23-25-34(3)26-24-33-30(37)27-35(4)28(2)31/h6-7,9-10,12-13,15-16,18-19,31H,5,8,11,14,17,20-27H2,1-4H3,(H,32,36)(H,33,37)/b7-6+,10-9+,13-12+,16-15+,19-18+,31-28?. The summed E-state index contributed by atoms with van der Waals surface area (Å²) in [5.41, 5.74) is 0. The Kier molecular flexibility index (Phi) is 22.8. The highest BCUT2D eigenvalue weighted by molar-refractivity contribution is 5.84. The smallest absolute Gasteiger partial charge is 0.239 e. The molecule has 7 heteroatoms. The van der Waals surface area contributed by atoms with Gasteiger partial charge in [0.05, 0.1) is 12.4 Å². The van der Waals surface area contributed by atoms with Crippen LogP contribution in [0.3, 0.4) is 0 Å². The lowest BCUT2D eigenvalue weighted by Gasteiger charge is -2.19. The lowest BCUT2D eigenvalue weighted by Crippen LogP contribution is -2.41. The van der Waals surface area contributed by atoms with Crippen LogP contribution >= 0.6 is 0 Å². The van der Waals surface area contributed by atoms with E-state index in [1.54, 1.807) is 18.9 Å². The summed E-state index contributed by atoms with van der Waals surface area (Å²) in [4.78, 5) is 27.5. The molecule has 0 aliphatic heterocycles. The zero-order chi connectivity index (χ0) is 27.6. The number of hydrogen-bond acceptors (Lipinski definition) is 4. The minimum absolute atomic E-state index is 0.0825. The van der Waals surface area contributed by atoms with E-state index in [0.717, 1.165) is 51.5 Å². The van der Waals surface area contributed by atoms with E-state index in [1.807, 2.05) is 7.05 Å². The van der Waals surface area contributed by atoms with Crippen molar-refractivity contribution in [2.75, 3.05) is 46.8 Å². The van der Waals surface area contributed by atoms with E-state index in [1.165, 1.54) is 0 Å². The second-order valence-electron chi connectivity index (χ2n) is 9.04. The average molecular weight is 514 g/mol. The summed E-state index contributed by atoms with van der Waals surface area (Å²) in [7, 11) is 3.69. The molecule has 0 radical (unpaired) electrons. The Labute approximate surface area is 226 Å². The number of rotatable bonds is 21. The molecule has 0 saturated heterocycles. The van der Waals surface area contributed by atoms with Crippen molar-refractivity contribution in [2.45, 2.75) is 65.2 Å². The number of amidine groups is 1. The molecule has 0 bridgehead atoms. The van der Waals surface area contributed by atoms with Crippen LogP contribution < -0.4 is 10.6 Å². The Morgan fingerprint density at radius 3 is 1.68 bits per heavy atom. The van der Waals surface area contributed by atoms with E-state index in [-0.39, 0.29) is 18.4 Å². The molecule has 0 rings (SSSR count). The highest BCUT2D eigenvalue weighted by Gasteiger charge is 2.07. The number of nitrogens with one attached hydrogen (secondary N) is 3. The number of amides is 2. The summed E-state index contributed by atoms with van der Waals surface area (Å²) in [5, 5.41) is 13.3. The molecule has 0 spiro atoms. The van der Waals surface area contributed by atoms with Crippen LogP contribution in [0.1, 0.15) is 65.2 Å². The fraction of sp³-hybridized carbons (Fsp3) is 0.567. The van der Waals surface area contributed by atoms with Crippen molar-refractivity contribution < 1.29 is 9.59 Å². The van der Waals surface area contributed by atoms with Gasteiger partial charge in [-0.3, -0.25) is 15.0 Å². The van der Waals surface area contributed by atoms with Crippen LogP contribution in [0.5, 0.6) is 0 Å². The van der Waals surface area contributed by atoms with E-state index >= 15 is 0 Å². The summed E-state index contributed by atoms with van der Waals surface area (Å²) < 4.78 is 0. The zero-order valence-corrected chi connectivity index (χ0v) is 23.7. The van der Waals surface area contributed by atoms with Crippen LogP contribution in [0.2, 0.25) is 0 Å². The van der Waals surface area contributed by atoms with Crippen molar-refractivity contribution >= 4 is 17.6 Å². The molecular formula is C30H51N5O2. The number of hydrogen-bond donors (Lipinski definition) is 3. The Balaban J connectivity index is 3.66. The quantitative estimate of drug-likeness (QED) is 0.0872. The van der Waals surface area contributed by atoms with Crippen molar-refractivity contribution in [2.24, 2.45) is 0 Å². The molecule has 0 fully saturated rings. The number of carbonyl (C=O) groups excluding carboxylic acids is 2. The molecule has 0 aromatic rings. The Bertz CT molecular complexity index is 768. The molecule has 0 aliphatic rings. The van der Waals surface area contributed by atoms with Crippen LogP contribution in [0.25, 0.3) is 0 Å². The zero-order valence-electron chi connectivity index (χ0n) is 23.7. The Hall–Kier alpha value is -2.93. The third-order valence-corrected chi connectivity index (χ3v) is 5.52. The molecule has 0 aliphatic carbocycles. The molecule has 3 N–H and O–H groups in total. The topological polar surface area (TPSA) is 88.5 Å². The summed E-state index contributed by atoms with van der Waals surface area (Å²) >= 11 is 0. The molecule has 2 amide bonds. The second-order valence-corrected chi connectivity index (χ2v) is 9.04. The third-order valence-electron chi connectivity index (χ3n) is 5.52. The summed E-state index contributed by atoms with van der Waals surface area (Å²) in [5.74, 6) is 0.350. The van der Waals surface area contributed by atoms with Crippen molar-refractivity contribution in [3.8, 4) is 0 Å². The van der Waals surface area contributed by atoms with Crippen LogP contribution in [-0.2, 0) is 9.59 Å². The number of carbonyl (C=O) groups is 2. The molecule has 0 atom stereocenters. The van der Waals surface area contributed by atoms with Crippen LogP contribution in [0, 0.1) is 5.41 Å². The predicted molar refractivity (Wildman–Crippen MR) is 158 cm³/mol. The first kappa shape index (κ1) is 34.1. The van der Waals surface area contributed by atoms with Gasteiger partial charge in [-0.2, -0.15) is 0 Å².